The molecule has 0 aliphatic heterocycles. The van der Waals surface area contributed by atoms with E-state index >= 15 is 0 Å². The van der Waals surface area contributed by atoms with E-state index < -0.39 is 11.2 Å². The molecule has 4 heteroatoms. The molecular formula is C24H25BO3. The summed E-state index contributed by atoms with van der Waals surface area (Å²) < 4.78 is 12.0. The van der Waals surface area contributed by atoms with Crippen LogP contribution in [0.15, 0.2) is 71.1 Å². The minimum atomic E-state index is -0.920. The number of hydrogen-bond acceptors (Lipinski definition) is 3. The van der Waals surface area contributed by atoms with Gasteiger partial charge in [0.2, 0.25) is 0 Å². The maximum Gasteiger partial charge on any atom is 0.309 e. The Morgan fingerprint density at radius 1 is 0.786 bits per heavy atom. The van der Waals surface area contributed by atoms with Gasteiger partial charge in [-0.05, 0) is 57.0 Å². The number of rotatable bonds is 5. The summed E-state index contributed by atoms with van der Waals surface area (Å²) in [5.74, 6) is 0. The van der Waals surface area contributed by atoms with Gasteiger partial charge in [-0.1, -0.05) is 54.0 Å². The Balaban J connectivity index is 1.63. The molecule has 0 aliphatic rings. The average Bonchev–Trinajstić information content (AvgIpc) is 3.03. The number of aliphatic hydroxyl groups is 1. The topological polar surface area (TPSA) is 42.6 Å². The van der Waals surface area contributed by atoms with Crippen LogP contribution in [0.1, 0.15) is 27.7 Å². The van der Waals surface area contributed by atoms with E-state index in [-0.39, 0.29) is 0 Å². The summed E-state index contributed by atoms with van der Waals surface area (Å²) in [4.78, 5) is 0. The van der Waals surface area contributed by atoms with Crippen LogP contribution >= 0.6 is 0 Å². The third-order valence-corrected chi connectivity index (χ3v) is 5.71. The summed E-state index contributed by atoms with van der Waals surface area (Å²) in [6.07, 6.45) is 0. The van der Waals surface area contributed by atoms with Gasteiger partial charge in [0.05, 0.1) is 11.2 Å². The van der Waals surface area contributed by atoms with E-state index in [0.717, 1.165) is 38.5 Å². The van der Waals surface area contributed by atoms with E-state index in [1.54, 1.807) is 13.8 Å². The number of para-hydroxylation sites is 1. The number of hydrogen-bond donors (Lipinski definition) is 1. The lowest BCUT2D eigenvalue weighted by Gasteiger charge is -2.37. The molecule has 0 bridgehead atoms. The lowest BCUT2D eigenvalue weighted by atomic mass is 9.81. The third kappa shape index (κ3) is 3.46. The third-order valence-electron chi connectivity index (χ3n) is 5.71. The monoisotopic (exact) mass is 372 g/mol. The highest BCUT2D eigenvalue weighted by Gasteiger charge is 2.35. The molecule has 0 unspecified atom stereocenters. The zero-order valence-electron chi connectivity index (χ0n) is 16.8. The first-order valence-corrected chi connectivity index (χ1v) is 9.61. The van der Waals surface area contributed by atoms with E-state index in [9.17, 15) is 5.11 Å². The standard InChI is InChI=1S/C24H25BO3/c1-23(2,26)24(3,4)28-25-18-9-7-8-16(14-18)17-12-13-20-19-10-5-6-11-21(19)27-22(20)15-17/h5-15,25-26H,1-4H3. The number of fused-ring (bicyclic) bond motifs is 3. The first kappa shape index (κ1) is 18.8. The minimum Gasteiger partial charge on any atom is -0.456 e. The van der Waals surface area contributed by atoms with E-state index in [4.69, 9.17) is 9.07 Å². The highest BCUT2D eigenvalue weighted by atomic mass is 16.5. The Labute approximate surface area is 166 Å². The second-order valence-corrected chi connectivity index (χ2v) is 8.37. The van der Waals surface area contributed by atoms with Crippen LogP contribution in [0.4, 0.5) is 0 Å². The van der Waals surface area contributed by atoms with E-state index in [1.165, 1.54) is 0 Å². The summed E-state index contributed by atoms with van der Waals surface area (Å²) >= 11 is 0. The van der Waals surface area contributed by atoms with Crippen molar-refractivity contribution in [3.63, 3.8) is 0 Å². The van der Waals surface area contributed by atoms with Gasteiger partial charge >= 0.3 is 7.48 Å². The Bertz CT molecular complexity index is 1140. The largest absolute Gasteiger partial charge is 0.456 e. The molecule has 0 aliphatic carbocycles. The molecule has 0 saturated heterocycles. The van der Waals surface area contributed by atoms with Gasteiger partial charge in [0.1, 0.15) is 11.2 Å². The Morgan fingerprint density at radius 3 is 2.29 bits per heavy atom. The normalized spacial score (nSPS) is 12.6. The molecule has 0 spiro atoms. The van der Waals surface area contributed by atoms with Gasteiger partial charge in [-0.3, -0.25) is 0 Å². The maximum absolute atomic E-state index is 10.3. The first-order chi connectivity index (χ1) is 13.2. The van der Waals surface area contributed by atoms with Crippen LogP contribution in [0.2, 0.25) is 0 Å². The maximum atomic E-state index is 10.3. The Hall–Kier alpha value is -2.56. The van der Waals surface area contributed by atoms with Gasteiger partial charge in [-0.25, -0.2) is 0 Å². The molecule has 142 valence electrons. The van der Waals surface area contributed by atoms with E-state index in [2.05, 4.69) is 36.4 Å². The molecule has 0 radical (unpaired) electrons. The van der Waals surface area contributed by atoms with Crippen LogP contribution in [-0.2, 0) is 4.65 Å². The van der Waals surface area contributed by atoms with Gasteiger partial charge in [0.25, 0.3) is 0 Å². The molecule has 4 rings (SSSR count). The lowest BCUT2D eigenvalue weighted by molar-refractivity contribution is -0.0893. The second kappa shape index (κ2) is 6.80. The van der Waals surface area contributed by atoms with Crippen molar-refractivity contribution >= 4 is 34.9 Å². The molecule has 0 saturated carbocycles. The number of benzene rings is 3. The smallest absolute Gasteiger partial charge is 0.309 e. The van der Waals surface area contributed by atoms with Gasteiger partial charge < -0.3 is 14.2 Å². The molecule has 0 atom stereocenters. The molecule has 3 nitrogen and oxygen atoms in total. The van der Waals surface area contributed by atoms with Crippen molar-refractivity contribution in [3.05, 3.63) is 66.7 Å². The van der Waals surface area contributed by atoms with Crippen LogP contribution < -0.4 is 5.46 Å². The number of furan rings is 1. The van der Waals surface area contributed by atoms with E-state index in [1.807, 2.05) is 44.2 Å². The molecule has 1 N–H and O–H groups in total. The second-order valence-electron chi connectivity index (χ2n) is 8.37. The quantitative estimate of drug-likeness (QED) is 0.512. The Morgan fingerprint density at radius 2 is 1.50 bits per heavy atom. The first-order valence-electron chi connectivity index (χ1n) is 9.61. The van der Waals surface area contributed by atoms with Crippen LogP contribution in [0, 0.1) is 0 Å². The highest BCUT2D eigenvalue weighted by Crippen LogP contribution is 2.32. The van der Waals surface area contributed by atoms with Crippen molar-refractivity contribution in [1.82, 2.24) is 0 Å². The van der Waals surface area contributed by atoms with E-state index in [0.29, 0.717) is 7.48 Å². The summed E-state index contributed by atoms with van der Waals surface area (Å²) in [7, 11) is 0.442. The van der Waals surface area contributed by atoms with Crippen molar-refractivity contribution < 1.29 is 14.2 Å². The Kier molecular flexibility index (Phi) is 4.57. The van der Waals surface area contributed by atoms with Crippen LogP contribution in [0.5, 0.6) is 0 Å². The zero-order valence-corrected chi connectivity index (χ0v) is 16.8. The fourth-order valence-electron chi connectivity index (χ4n) is 3.19. The molecule has 0 fully saturated rings. The minimum absolute atomic E-state index is 0.442. The average molecular weight is 372 g/mol. The fourth-order valence-corrected chi connectivity index (χ4v) is 3.19. The summed E-state index contributed by atoms with van der Waals surface area (Å²) in [6.45, 7) is 7.36. The molecule has 3 aromatic carbocycles. The highest BCUT2D eigenvalue weighted by molar-refractivity contribution is 6.47. The summed E-state index contributed by atoms with van der Waals surface area (Å²) in [5.41, 5.74) is 3.53. The predicted octanol–water partition coefficient (Wildman–Crippen LogP) is 4.80. The lowest BCUT2D eigenvalue weighted by Crippen LogP contribution is -2.49. The van der Waals surface area contributed by atoms with Crippen LogP contribution in [-0.4, -0.2) is 23.8 Å². The van der Waals surface area contributed by atoms with Gasteiger partial charge in [-0.15, -0.1) is 0 Å². The summed E-state index contributed by atoms with van der Waals surface area (Å²) in [6, 6.07) is 22.8. The fraction of sp³-hybridized carbons (Fsp3) is 0.250. The van der Waals surface area contributed by atoms with Gasteiger partial charge in [-0.2, -0.15) is 0 Å². The van der Waals surface area contributed by atoms with Crippen molar-refractivity contribution in [3.8, 4) is 11.1 Å². The summed E-state index contributed by atoms with van der Waals surface area (Å²) in [5, 5.41) is 12.6. The van der Waals surface area contributed by atoms with Crippen LogP contribution in [0.3, 0.4) is 0 Å². The van der Waals surface area contributed by atoms with Crippen molar-refractivity contribution in [2.75, 3.05) is 0 Å². The predicted molar refractivity (Wildman–Crippen MR) is 117 cm³/mol. The van der Waals surface area contributed by atoms with Crippen LogP contribution in [0.25, 0.3) is 33.1 Å². The molecule has 1 aromatic heterocycles. The van der Waals surface area contributed by atoms with Crippen molar-refractivity contribution in [2.24, 2.45) is 0 Å². The molecular weight excluding hydrogens is 347 g/mol. The SMILES string of the molecule is CC(C)(O)C(C)(C)OBc1cccc(-c2ccc3c(c2)oc2ccccc23)c1. The zero-order chi connectivity index (χ0) is 19.9. The molecule has 0 amide bonds. The van der Waals surface area contributed by atoms with Crippen molar-refractivity contribution in [2.45, 2.75) is 38.9 Å². The van der Waals surface area contributed by atoms with Crippen molar-refractivity contribution in [1.29, 1.82) is 0 Å². The molecule has 1 heterocycles. The molecule has 4 aromatic rings. The van der Waals surface area contributed by atoms with Gasteiger partial charge in [0.15, 0.2) is 0 Å². The molecule has 28 heavy (non-hydrogen) atoms. The van der Waals surface area contributed by atoms with Gasteiger partial charge in [0, 0.05) is 10.8 Å².